The van der Waals surface area contributed by atoms with E-state index in [2.05, 4.69) is 0 Å². The summed E-state index contributed by atoms with van der Waals surface area (Å²) < 4.78 is 0. The summed E-state index contributed by atoms with van der Waals surface area (Å²) in [6.07, 6.45) is 0.745. The molecule has 0 bridgehead atoms. The number of benzene rings is 2. The number of Topliss-reactive ketones (excluding diaryl/α,β-unsaturated/α-hetero) is 1. The van der Waals surface area contributed by atoms with Crippen LogP contribution in [-0.2, 0) is 24.2 Å². The largest absolute Gasteiger partial charge is 0.508 e. The Balaban J connectivity index is 1.95. The number of phenols is 1. The maximum atomic E-state index is 11.9. The Morgan fingerprint density at radius 3 is 1.68 bits per heavy atom. The third-order valence-electron chi connectivity index (χ3n) is 2.94. The second kappa shape index (κ2) is 6.16. The summed E-state index contributed by atoms with van der Waals surface area (Å²) in [5.41, 5.74) is 2.69. The second-order valence-electron chi connectivity index (χ2n) is 4.53. The van der Waals surface area contributed by atoms with E-state index >= 15 is 0 Å². The first kappa shape index (κ1) is 13.3. The molecule has 0 aliphatic heterocycles. The lowest BCUT2D eigenvalue weighted by molar-refractivity contribution is -0.117. The average Bonchev–Trinajstić information content (AvgIpc) is 2.42. The summed E-state index contributed by atoms with van der Waals surface area (Å²) in [6, 6.07) is 14.0. The summed E-state index contributed by atoms with van der Waals surface area (Å²) in [4.78, 5) is 11.9. The number of phenolic OH excluding ortho intramolecular Hbond substituents is 1. The van der Waals surface area contributed by atoms with Gasteiger partial charge < -0.3 is 10.2 Å². The number of aliphatic hydroxyl groups is 1. The van der Waals surface area contributed by atoms with Crippen LogP contribution in [0.4, 0.5) is 0 Å². The molecule has 0 aliphatic carbocycles. The van der Waals surface area contributed by atoms with Crippen LogP contribution in [0.25, 0.3) is 0 Å². The van der Waals surface area contributed by atoms with Gasteiger partial charge in [-0.2, -0.15) is 0 Å². The van der Waals surface area contributed by atoms with Gasteiger partial charge in [0.25, 0.3) is 0 Å². The predicted molar refractivity (Wildman–Crippen MR) is 72.9 cm³/mol. The van der Waals surface area contributed by atoms with Crippen molar-refractivity contribution in [2.45, 2.75) is 19.4 Å². The number of rotatable bonds is 5. The van der Waals surface area contributed by atoms with E-state index in [0.29, 0.717) is 12.8 Å². The average molecular weight is 256 g/mol. The molecule has 0 heterocycles. The van der Waals surface area contributed by atoms with Crippen LogP contribution in [0.15, 0.2) is 48.5 Å². The molecule has 0 spiro atoms. The molecule has 0 unspecified atom stereocenters. The van der Waals surface area contributed by atoms with Crippen molar-refractivity contribution >= 4 is 5.78 Å². The summed E-state index contributed by atoms with van der Waals surface area (Å²) in [5, 5.41) is 18.1. The Hall–Kier alpha value is -2.13. The van der Waals surface area contributed by atoms with Crippen molar-refractivity contribution in [3.63, 3.8) is 0 Å². The zero-order valence-corrected chi connectivity index (χ0v) is 10.5. The minimum Gasteiger partial charge on any atom is -0.508 e. The van der Waals surface area contributed by atoms with Crippen molar-refractivity contribution < 1.29 is 15.0 Å². The van der Waals surface area contributed by atoms with Crippen LogP contribution in [0.1, 0.15) is 16.7 Å². The van der Waals surface area contributed by atoms with Gasteiger partial charge in [0.2, 0.25) is 0 Å². The fourth-order valence-electron chi connectivity index (χ4n) is 1.89. The maximum Gasteiger partial charge on any atom is 0.141 e. The molecule has 3 nitrogen and oxygen atoms in total. The zero-order chi connectivity index (χ0) is 13.7. The second-order valence-corrected chi connectivity index (χ2v) is 4.53. The number of hydrogen-bond acceptors (Lipinski definition) is 3. The standard InChI is InChI=1S/C16H16O3/c17-11-14-3-1-12(2-4-14)9-16(19)10-13-5-7-15(18)8-6-13/h1-8,17-18H,9-11H2. The van der Waals surface area contributed by atoms with E-state index in [1.54, 1.807) is 24.3 Å². The number of carbonyl (C=O) groups is 1. The molecule has 2 aromatic rings. The smallest absolute Gasteiger partial charge is 0.141 e. The highest BCUT2D eigenvalue weighted by Gasteiger charge is 2.05. The first-order valence-electron chi connectivity index (χ1n) is 6.15. The molecule has 0 saturated carbocycles. The minimum atomic E-state index is 0.0156. The third-order valence-corrected chi connectivity index (χ3v) is 2.94. The number of hydrogen-bond donors (Lipinski definition) is 2. The molecule has 19 heavy (non-hydrogen) atoms. The monoisotopic (exact) mass is 256 g/mol. The number of aliphatic hydroxyl groups excluding tert-OH is 1. The van der Waals surface area contributed by atoms with Crippen molar-refractivity contribution in [1.82, 2.24) is 0 Å². The topological polar surface area (TPSA) is 57.5 Å². The van der Waals surface area contributed by atoms with Gasteiger partial charge in [0.1, 0.15) is 11.5 Å². The van der Waals surface area contributed by atoms with E-state index in [1.165, 1.54) is 0 Å². The van der Waals surface area contributed by atoms with E-state index in [9.17, 15) is 9.90 Å². The Kier molecular flexibility index (Phi) is 4.31. The van der Waals surface area contributed by atoms with Crippen molar-refractivity contribution in [1.29, 1.82) is 0 Å². The highest BCUT2D eigenvalue weighted by molar-refractivity contribution is 5.83. The van der Waals surface area contributed by atoms with E-state index in [1.807, 2.05) is 24.3 Å². The molecule has 0 aliphatic rings. The molecule has 2 N–H and O–H groups in total. The predicted octanol–water partition coefficient (Wildman–Crippen LogP) is 2.24. The van der Waals surface area contributed by atoms with Crippen molar-refractivity contribution in [2.24, 2.45) is 0 Å². The lowest BCUT2D eigenvalue weighted by Gasteiger charge is -2.03. The molecule has 0 saturated heterocycles. The molecular formula is C16H16O3. The quantitative estimate of drug-likeness (QED) is 0.862. The molecule has 0 amide bonds. The normalized spacial score (nSPS) is 10.4. The Labute approximate surface area is 112 Å². The van der Waals surface area contributed by atoms with E-state index in [0.717, 1.165) is 16.7 Å². The fourth-order valence-corrected chi connectivity index (χ4v) is 1.89. The van der Waals surface area contributed by atoms with Crippen LogP contribution in [0.3, 0.4) is 0 Å². The molecule has 0 radical (unpaired) electrons. The number of carbonyl (C=O) groups excluding carboxylic acids is 1. The van der Waals surface area contributed by atoms with Crippen molar-refractivity contribution in [3.05, 3.63) is 65.2 Å². The van der Waals surface area contributed by atoms with Gasteiger partial charge in [-0.3, -0.25) is 4.79 Å². The Morgan fingerprint density at radius 2 is 1.21 bits per heavy atom. The summed E-state index contributed by atoms with van der Waals surface area (Å²) in [5.74, 6) is 0.332. The van der Waals surface area contributed by atoms with Crippen LogP contribution >= 0.6 is 0 Å². The van der Waals surface area contributed by atoms with E-state index in [-0.39, 0.29) is 18.1 Å². The van der Waals surface area contributed by atoms with Crippen LogP contribution in [0.5, 0.6) is 5.75 Å². The van der Waals surface area contributed by atoms with Gasteiger partial charge in [0.05, 0.1) is 6.61 Å². The van der Waals surface area contributed by atoms with Gasteiger partial charge in [-0.25, -0.2) is 0 Å². The summed E-state index contributed by atoms with van der Waals surface area (Å²) in [6.45, 7) is 0.0156. The van der Waals surface area contributed by atoms with E-state index in [4.69, 9.17) is 5.11 Å². The fraction of sp³-hybridized carbons (Fsp3) is 0.188. The highest BCUT2D eigenvalue weighted by Crippen LogP contribution is 2.12. The zero-order valence-electron chi connectivity index (χ0n) is 10.5. The lowest BCUT2D eigenvalue weighted by atomic mass is 10.0. The first-order chi connectivity index (χ1) is 9.17. The van der Waals surface area contributed by atoms with Crippen molar-refractivity contribution in [3.8, 4) is 5.75 Å². The molecule has 0 fully saturated rings. The van der Waals surface area contributed by atoms with Gasteiger partial charge >= 0.3 is 0 Å². The molecule has 98 valence electrons. The molecule has 2 rings (SSSR count). The number of ketones is 1. The van der Waals surface area contributed by atoms with Gasteiger partial charge in [0.15, 0.2) is 0 Å². The molecule has 0 atom stereocenters. The lowest BCUT2D eigenvalue weighted by Crippen LogP contribution is -2.06. The van der Waals surface area contributed by atoms with Gasteiger partial charge in [-0.05, 0) is 28.8 Å². The molecule has 0 aromatic heterocycles. The van der Waals surface area contributed by atoms with Crippen LogP contribution in [0, 0.1) is 0 Å². The minimum absolute atomic E-state index is 0.0156. The summed E-state index contributed by atoms with van der Waals surface area (Å²) in [7, 11) is 0. The van der Waals surface area contributed by atoms with Gasteiger partial charge in [-0.1, -0.05) is 36.4 Å². The molecule has 3 heteroatoms. The van der Waals surface area contributed by atoms with Gasteiger partial charge in [0, 0.05) is 12.8 Å². The van der Waals surface area contributed by atoms with Crippen LogP contribution < -0.4 is 0 Å². The summed E-state index contributed by atoms with van der Waals surface area (Å²) >= 11 is 0. The first-order valence-corrected chi connectivity index (χ1v) is 6.15. The van der Waals surface area contributed by atoms with Crippen LogP contribution in [0.2, 0.25) is 0 Å². The number of aromatic hydroxyl groups is 1. The van der Waals surface area contributed by atoms with Crippen LogP contribution in [-0.4, -0.2) is 16.0 Å². The van der Waals surface area contributed by atoms with Crippen molar-refractivity contribution in [2.75, 3.05) is 0 Å². The SMILES string of the molecule is O=C(Cc1ccc(O)cc1)Cc1ccc(CO)cc1. The molecule has 2 aromatic carbocycles. The maximum absolute atomic E-state index is 11.9. The van der Waals surface area contributed by atoms with Gasteiger partial charge in [-0.15, -0.1) is 0 Å². The third kappa shape index (κ3) is 3.93. The van der Waals surface area contributed by atoms with E-state index < -0.39 is 0 Å². The molecular weight excluding hydrogens is 240 g/mol. The Bertz CT molecular complexity index is 541. The Morgan fingerprint density at radius 1 is 0.789 bits per heavy atom. The highest BCUT2D eigenvalue weighted by atomic mass is 16.3.